The highest BCUT2D eigenvalue weighted by atomic mass is 16.3. The minimum atomic E-state index is -0.388. The molecule has 166 valence electrons. The molecule has 1 N–H and O–H groups in total. The van der Waals surface area contributed by atoms with Gasteiger partial charge in [0.05, 0.1) is 17.5 Å². The number of fused-ring (bicyclic) bond motifs is 1. The number of rotatable bonds is 4. The van der Waals surface area contributed by atoms with Crippen molar-refractivity contribution in [2.45, 2.75) is 33.2 Å². The van der Waals surface area contributed by atoms with Crippen molar-refractivity contribution in [3.8, 4) is 11.1 Å². The van der Waals surface area contributed by atoms with Crippen LogP contribution in [0.3, 0.4) is 0 Å². The first-order valence-electron chi connectivity index (χ1n) is 11.1. The van der Waals surface area contributed by atoms with Crippen molar-refractivity contribution in [3.05, 3.63) is 94.2 Å². The Hall–Kier alpha value is -3.93. The van der Waals surface area contributed by atoms with Gasteiger partial charge in [0.15, 0.2) is 0 Å². The maximum absolute atomic E-state index is 13.4. The van der Waals surface area contributed by atoms with E-state index in [2.05, 4.69) is 11.1 Å². The molecule has 0 aliphatic carbocycles. The number of hydrogen-bond acceptors (Lipinski definition) is 4. The molecule has 0 radical (unpaired) electrons. The lowest BCUT2D eigenvalue weighted by Gasteiger charge is -2.21. The largest absolute Gasteiger partial charge is 0.467 e. The Morgan fingerprint density at radius 2 is 1.88 bits per heavy atom. The number of nitrogens with zero attached hydrogens (tertiary/aromatic N) is 2. The molecule has 6 nitrogen and oxygen atoms in total. The Morgan fingerprint density at radius 1 is 1.09 bits per heavy atom. The molecule has 1 unspecified atom stereocenters. The van der Waals surface area contributed by atoms with Gasteiger partial charge in [0, 0.05) is 28.8 Å². The molecule has 6 heteroatoms. The van der Waals surface area contributed by atoms with Crippen LogP contribution < -0.4 is 5.56 Å². The number of aryl methyl sites for hydroxylation is 1. The standard InChI is InChI=1S/C27H25N3O3/c1-16(2)27(32)30-22(23-10-7-13-33-23)15-21(29-30)25-24(18-8-5-4-6-9-18)19-14-17(3)11-12-20(19)28-26(25)31/h4-14,16,22H,15H2,1-3H3,(H,28,31). The van der Waals surface area contributed by atoms with E-state index in [4.69, 9.17) is 9.52 Å². The molecule has 2 aromatic heterocycles. The predicted molar refractivity (Wildman–Crippen MR) is 129 cm³/mol. The van der Waals surface area contributed by atoms with Gasteiger partial charge < -0.3 is 9.40 Å². The number of hydrazone groups is 1. The second-order valence-electron chi connectivity index (χ2n) is 8.74. The molecule has 1 aliphatic heterocycles. The average Bonchev–Trinajstić information content (AvgIpc) is 3.48. The smallest absolute Gasteiger partial charge is 0.258 e. The normalized spacial score (nSPS) is 15.9. The molecule has 0 saturated heterocycles. The van der Waals surface area contributed by atoms with Crippen LogP contribution in [-0.4, -0.2) is 21.6 Å². The van der Waals surface area contributed by atoms with Crippen LogP contribution in [0.5, 0.6) is 0 Å². The summed E-state index contributed by atoms with van der Waals surface area (Å²) in [6.07, 6.45) is 1.98. The summed E-state index contributed by atoms with van der Waals surface area (Å²) in [5.74, 6) is 0.300. The number of nitrogens with one attached hydrogen (secondary N) is 1. The number of carbonyl (C=O) groups excluding carboxylic acids is 1. The molecule has 33 heavy (non-hydrogen) atoms. The molecular weight excluding hydrogens is 414 g/mol. The van der Waals surface area contributed by atoms with E-state index < -0.39 is 0 Å². The fourth-order valence-corrected chi connectivity index (χ4v) is 4.42. The van der Waals surface area contributed by atoms with Crippen molar-refractivity contribution in [2.24, 2.45) is 11.0 Å². The van der Waals surface area contributed by atoms with Crippen molar-refractivity contribution in [1.29, 1.82) is 0 Å². The highest BCUT2D eigenvalue weighted by Crippen LogP contribution is 2.37. The molecule has 0 fully saturated rings. The summed E-state index contributed by atoms with van der Waals surface area (Å²) in [5.41, 5.74) is 4.47. The van der Waals surface area contributed by atoms with Crippen molar-refractivity contribution in [3.63, 3.8) is 0 Å². The first-order chi connectivity index (χ1) is 15.9. The van der Waals surface area contributed by atoms with Gasteiger partial charge in [0.1, 0.15) is 11.8 Å². The number of hydrogen-bond donors (Lipinski definition) is 1. The van der Waals surface area contributed by atoms with E-state index in [9.17, 15) is 9.59 Å². The van der Waals surface area contributed by atoms with Gasteiger partial charge >= 0.3 is 0 Å². The minimum Gasteiger partial charge on any atom is -0.467 e. The highest BCUT2D eigenvalue weighted by Gasteiger charge is 2.37. The maximum atomic E-state index is 13.4. The van der Waals surface area contributed by atoms with Crippen LogP contribution in [0.2, 0.25) is 0 Å². The van der Waals surface area contributed by atoms with E-state index in [1.54, 1.807) is 12.3 Å². The lowest BCUT2D eigenvalue weighted by Crippen LogP contribution is -2.30. The van der Waals surface area contributed by atoms with Gasteiger partial charge in [-0.3, -0.25) is 9.59 Å². The lowest BCUT2D eigenvalue weighted by molar-refractivity contribution is -0.136. The van der Waals surface area contributed by atoms with E-state index >= 15 is 0 Å². The van der Waals surface area contributed by atoms with Crippen LogP contribution in [0, 0.1) is 12.8 Å². The van der Waals surface area contributed by atoms with Gasteiger partial charge in [-0.05, 0) is 36.8 Å². The van der Waals surface area contributed by atoms with Gasteiger partial charge in [-0.15, -0.1) is 0 Å². The topological polar surface area (TPSA) is 78.7 Å². The summed E-state index contributed by atoms with van der Waals surface area (Å²) < 4.78 is 5.64. The molecule has 0 saturated carbocycles. The van der Waals surface area contributed by atoms with E-state index in [1.165, 1.54) is 5.01 Å². The van der Waals surface area contributed by atoms with Gasteiger partial charge in [0.25, 0.3) is 5.56 Å². The molecule has 0 spiro atoms. The van der Waals surface area contributed by atoms with Gasteiger partial charge in [0.2, 0.25) is 5.91 Å². The Labute approximate surface area is 191 Å². The zero-order valence-electron chi connectivity index (χ0n) is 18.8. The Balaban J connectivity index is 1.76. The summed E-state index contributed by atoms with van der Waals surface area (Å²) in [4.78, 5) is 29.5. The number of furan rings is 1. The van der Waals surface area contributed by atoms with Crippen LogP contribution in [0.15, 0.2) is 81.2 Å². The predicted octanol–water partition coefficient (Wildman–Crippen LogP) is 5.43. The van der Waals surface area contributed by atoms with E-state index in [0.717, 1.165) is 27.6 Å². The summed E-state index contributed by atoms with van der Waals surface area (Å²) in [7, 11) is 0. The summed E-state index contributed by atoms with van der Waals surface area (Å²) in [6, 6.07) is 19.1. The molecule has 4 aromatic rings. The van der Waals surface area contributed by atoms with Crippen molar-refractivity contribution >= 4 is 22.5 Å². The fourth-order valence-electron chi connectivity index (χ4n) is 4.42. The van der Waals surface area contributed by atoms with Gasteiger partial charge in [-0.2, -0.15) is 5.10 Å². The van der Waals surface area contributed by atoms with Crippen molar-refractivity contribution in [1.82, 2.24) is 9.99 Å². The maximum Gasteiger partial charge on any atom is 0.258 e. The molecule has 1 aliphatic rings. The quantitative estimate of drug-likeness (QED) is 0.460. The molecule has 5 rings (SSSR count). The van der Waals surface area contributed by atoms with E-state index in [0.29, 0.717) is 23.5 Å². The van der Waals surface area contributed by atoms with Crippen LogP contribution in [0.25, 0.3) is 22.0 Å². The first kappa shape index (κ1) is 20.9. The molecule has 1 amide bonds. The third-order valence-electron chi connectivity index (χ3n) is 6.02. The molecule has 1 atom stereocenters. The second kappa shape index (κ2) is 8.20. The van der Waals surface area contributed by atoms with Crippen molar-refractivity contribution < 1.29 is 9.21 Å². The zero-order chi connectivity index (χ0) is 23.1. The molecular formula is C27H25N3O3. The molecule has 2 aromatic carbocycles. The van der Waals surface area contributed by atoms with E-state index in [1.807, 2.05) is 69.3 Å². The van der Waals surface area contributed by atoms with Gasteiger partial charge in [-0.1, -0.05) is 55.8 Å². The Bertz CT molecular complexity index is 1420. The molecule has 0 bridgehead atoms. The number of carbonyl (C=O) groups is 1. The van der Waals surface area contributed by atoms with E-state index in [-0.39, 0.29) is 23.4 Å². The summed E-state index contributed by atoms with van der Waals surface area (Å²) in [6.45, 7) is 5.72. The number of pyridine rings is 1. The summed E-state index contributed by atoms with van der Waals surface area (Å²) >= 11 is 0. The number of aromatic nitrogens is 1. The number of H-pyrrole nitrogens is 1. The molecule has 3 heterocycles. The second-order valence-corrected chi connectivity index (χ2v) is 8.74. The van der Waals surface area contributed by atoms with Crippen LogP contribution in [0.1, 0.15) is 43.2 Å². The third-order valence-corrected chi connectivity index (χ3v) is 6.02. The first-order valence-corrected chi connectivity index (χ1v) is 11.1. The van der Waals surface area contributed by atoms with Crippen LogP contribution >= 0.6 is 0 Å². The third kappa shape index (κ3) is 3.67. The zero-order valence-corrected chi connectivity index (χ0v) is 18.8. The number of benzene rings is 2. The highest BCUT2D eigenvalue weighted by molar-refractivity contribution is 6.13. The minimum absolute atomic E-state index is 0.110. The monoisotopic (exact) mass is 439 g/mol. The Kier molecular flexibility index (Phi) is 5.21. The lowest BCUT2D eigenvalue weighted by atomic mass is 9.91. The van der Waals surface area contributed by atoms with Gasteiger partial charge in [-0.25, -0.2) is 5.01 Å². The Morgan fingerprint density at radius 3 is 2.58 bits per heavy atom. The number of aromatic amines is 1. The van der Waals surface area contributed by atoms with Crippen LogP contribution in [-0.2, 0) is 4.79 Å². The fraction of sp³-hybridized carbons (Fsp3) is 0.222. The average molecular weight is 440 g/mol. The van der Waals surface area contributed by atoms with Crippen LogP contribution in [0.4, 0.5) is 0 Å². The summed E-state index contributed by atoms with van der Waals surface area (Å²) in [5, 5.41) is 7.14. The van der Waals surface area contributed by atoms with Crippen molar-refractivity contribution in [2.75, 3.05) is 0 Å². The SMILES string of the molecule is Cc1ccc2[nH]c(=O)c(C3=NN(C(=O)C(C)C)C(c4ccco4)C3)c(-c3ccccc3)c2c1. The number of amides is 1.